The summed E-state index contributed by atoms with van der Waals surface area (Å²) in [5.74, 6) is 0. The van der Waals surface area contributed by atoms with E-state index in [1.165, 1.54) is 4.90 Å². The predicted molar refractivity (Wildman–Crippen MR) is 62.8 cm³/mol. The molecule has 17 heavy (non-hydrogen) atoms. The van der Waals surface area contributed by atoms with E-state index >= 15 is 0 Å². The van der Waals surface area contributed by atoms with Crippen molar-refractivity contribution in [1.82, 2.24) is 4.90 Å². The standard InChI is InChI=1S/C12H24F3NO/c1-9(2)16(8-12(13,14)15)7-6-10(17)11(3,4)5/h9-10,17H,6-8H2,1-5H3. The molecule has 0 bridgehead atoms. The molecule has 0 aromatic heterocycles. The van der Waals surface area contributed by atoms with Crippen molar-refractivity contribution in [2.75, 3.05) is 13.1 Å². The van der Waals surface area contributed by atoms with Gasteiger partial charge in [-0.3, -0.25) is 4.90 Å². The molecule has 1 N–H and O–H groups in total. The van der Waals surface area contributed by atoms with E-state index in [1.807, 2.05) is 20.8 Å². The van der Waals surface area contributed by atoms with Gasteiger partial charge in [0.15, 0.2) is 0 Å². The van der Waals surface area contributed by atoms with Gasteiger partial charge in [0.1, 0.15) is 0 Å². The second-order valence-corrected chi connectivity index (χ2v) is 5.85. The first-order valence-corrected chi connectivity index (χ1v) is 5.92. The van der Waals surface area contributed by atoms with Crippen LogP contribution in [-0.4, -0.2) is 41.4 Å². The third-order valence-electron chi connectivity index (χ3n) is 2.80. The number of rotatable bonds is 5. The van der Waals surface area contributed by atoms with Crippen molar-refractivity contribution in [3.05, 3.63) is 0 Å². The Hall–Kier alpha value is -0.290. The van der Waals surface area contributed by atoms with Crippen molar-refractivity contribution in [2.45, 2.75) is 59.4 Å². The number of hydrogen-bond acceptors (Lipinski definition) is 2. The average molecular weight is 255 g/mol. The highest BCUT2D eigenvalue weighted by Crippen LogP contribution is 2.23. The van der Waals surface area contributed by atoms with E-state index in [9.17, 15) is 18.3 Å². The van der Waals surface area contributed by atoms with Gasteiger partial charge in [-0.1, -0.05) is 20.8 Å². The number of aliphatic hydroxyl groups is 1. The van der Waals surface area contributed by atoms with Gasteiger partial charge >= 0.3 is 6.18 Å². The third-order valence-corrected chi connectivity index (χ3v) is 2.80. The second kappa shape index (κ2) is 6.05. The molecule has 1 atom stereocenters. The minimum Gasteiger partial charge on any atom is -0.393 e. The lowest BCUT2D eigenvalue weighted by Crippen LogP contribution is -2.41. The zero-order chi connectivity index (χ0) is 13.9. The van der Waals surface area contributed by atoms with Gasteiger partial charge in [-0.15, -0.1) is 0 Å². The highest BCUT2D eigenvalue weighted by Gasteiger charge is 2.32. The fourth-order valence-corrected chi connectivity index (χ4v) is 1.47. The number of hydrogen-bond donors (Lipinski definition) is 1. The van der Waals surface area contributed by atoms with E-state index < -0.39 is 18.8 Å². The van der Waals surface area contributed by atoms with Crippen molar-refractivity contribution >= 4 is 0 Å². The van der Waals surface area contributed by atoms with Gasteiger partial charge in [-0.2, -0.15) is 13.2 Å². The highest BCUT2D eigenvalue weighted by atomic mass is 19.4. The van der Waals surface area contributed by atoms with Crippen LogP contribution in [0.2, 0.25) is 0 Å². The molecule has 0 saturated heterocycles. The van der Waals surface area contributed by atoms with Gasteiger partial charge in [0.2, 0.25) is 0 Å². The monoisotopic (exact) mass is 255 g/mol. The second-order valence-electron chi connectivity index (χ2n) is 5.85. The Labute approximate surface area is 102 Å². The van der Waals surface area contributed by atoms with Crippen LogP contribution in [-0.2, 0) is 0 Å². The molecule has 1 unspecified atom stereocenters. The molecule has 0 saturated carbocycles. The molecule has 0 radical (unpaired) electrons. The molecule has 0 aliphatic carbocycles. The summed E-state index contributed by atoms with van der Waals surface area (Å²) in [6.45, 7) is 8.44. The first-order chi connectivity index (χ1) is 7.43. The maximum atomic E-state index is 12.3. The van der Waals surface area contributed by atoms with Crippen LogP contribution >= 0.6 is 0 Å². The van der Waals surface area contributed by atoms with Crippen LogP contribution in [0.1, 0.15) is 41.0 Å². The fraction of sp³-hybridized carbons (Fsp3) is 1.00. The molecule has 0 fully saturated rings. The maximum Gasteiger partial charge on any atom is 0.401 e. The molecule has 5 heteroatoms. The number of alkyl halides is 3. The van der Waals surface area contributed by atoms with E-state index in [4.69, 9.17) is 0 Å². The van der Waals surface area contributed by atoms with Crippen molar-refractivity contribution in [2.24, 2.45) is 5.41 Å². The predicted octanol–water partition coefficient (Wildman–Crippen LogP) is 3.06. The Bertz CT molecular complexity index is 221. The van der Waals surface area contributed by atoms with Gasteiger partial charge in [-0.25, -0.2) is 0 Å². The Balaban J connectivity index is 4.29. The van der Waals surface area contributed by atoms with Gasteiger partial charge in [-0.05, 0) is 25.7 Å². The summed E-state index contributed by atoms with van der Waals surface area (Å²) in [5.41, 5.74) is -0.291. The van der Waals surface area contributed by atoms with Gasteiger partial charge in [0.05, 0.1) is 12.6 Å². The largest absolute Gasteiger partial charge is 0.401 e. The zero-order valence-electron chi connectivity index (χ0n) is 11.3. The fourth-order valence-electron chi connectivity index (χ4n) is 1.47. The minimum absolute atomic E-state index is 0.177. The Morgan fingerprint density at radius 2 is 1.59 bits per heavy atom. The van der Waals surface area contributed by atoms with Gasteiger partial charge in [0.25, 0.3) is 0 Å². The molecule has 0 aliphatic heterocycles. The Morgan fingerprint density at radius 3 is 1.88 bits per heavy atom. The van der Waals surface area contributed by atoms with Crippen LogP contribution in [0.4, 0.5) is 13.2 Å². The van der Waals surface area contributed by atoms with E-state index in [0.717, 1.165) is 0 Å². The summed E-state index contributed by atoms with van der Waals surface area (Å²) in [5, 5.41) is 9.81. The average Bonchev–Trinajstić information content (AvgIpc) is 2.07. The first kappa shape index (κ1) is 16.7. The summed E-state index contributed by atoms with van der Waals surface area (Å²) in [7, 11) is 0. The minimum atomic E-state index is -4.18. The first-order valence-electron chi connectivity index (χ1n) is 5.92. The van der Waals surface area contributed by atoms with Crippen molar-refractivity contribution in [3.8, 4) is 0 Å². The van der Waals surface area contributed by atoms with Crippen molar-refractivity contribution in [1.29, 1.82) is 0 Å². The third kappa shape index (κ3) is 7.60. The molecule has 0 aromatic rings. The van der Waals surface area contributed by atoms with Crippen LogP contribution in [0, 0.1) is 5.41 Å². The summed E-state index contributed by atoms with van der Waals surface area (Å²) in [4.78, 5) is 1.34. The summed E-state index contributed by atoms with van der Waals surface area (Å²) < 4.78 is 37.0. The lowest BCUT2D eigenvalue weighted by molar-refractivity contribution is -0.150. The molecule has 0 spiro atoms. The van der Waals surface area contributed by atoms with Crippen LogP contribution in [0.3, 0.4) is 0 Å². The maximum absolute atomic E-state index is 12.3. The van der Waals surface area contributed by atoms with Crippen LogP contribution in [0.15, 0.2) is 0 Å². The highest BCUT2D eigenvalue weighted by molar-refractivity contribution is 4.76. The van der Waals surface area contributed by atoms with E-state index in [1.54, 1.807) is 13.8 Å². The van der Waals surface area contributed by atoms with Gasteiger partial charge in [0, 0.05) is 12.6 Å². The van der Waals surface area contributed by atoms with Crippen LogP contribution in [0.25, 0.3) is 0 Å². The molecule has 104 valence electrons. The lowest BCUT2D eigenvalue weighted by Gasteiger charge is -2.31. The van der Waals surface area contributed by atoms with Crippen molar-refractivity contribution < 1.29 is 18.3 Å². The van der Waals surface area contributed by atoms with Crippen molar-refractivity contribution in [3.63, 3.8) is 0 Å². The molecule has 0 aliphatic rings. The zero-order valence-corrected chi connectivity index (χ0v) is 11.3. The Kier molecular flexibility index (Phi) is 5.94. The van der Waals surface area contributed by atoms with E-state index in [0.29, 0.717) is 6.42 Å². The quantitative estimate of drug-likeness (QED) is 0.816. The van der Waals surface area contributed by atoms with Crippen LogP contribution < -0.4 is 0 Å². The van der Waals surface area contributed by atoms with E-state index in [2.05, 4.69) is 0 Å². The smallest absolute Gasteiger partial charge is 0.393 e. The summed E-state index contributed by atoms with van der Waals surface area (Å²) >= 11 is 0. The summed E-state index contributed by atoms with van der Waals surface area (Å²) in [6.07, 6.45) is -4.41. The molecule has 0 heterocycles. The molecule has 0 amide bonds. The summed E-state index contributed by atoms with van der Waals surface area (Å²) in [6, 6.07) is -0.177. The van der Waals surface area contributed by atoms with Gasteiger partial charge < -0.3 is 5.11 Å². The topological polar surface area (TPSA) is 23.5 Å². The normalized spacial score (nSPS) is 15.7. The van der Waals surface area contributed by atoms with E-state index in [-0.39, 0.29) is 18.0 Å². The SMILES string of the molecule is CC(C)N(CCC(O)C(C)(C)C)CC(F)(F)F. The lowest BCUT2D eigenvalue weighted by atomic mass is 9.87. The van der Waals surface area contributed by atoms with Crippen LogP contribution in [0.5, 0.6) is 0 Å². The molecular weight excluding hydrogens is 231 g/mol. The molecular formula is C12H24F3NO. The number of halogens is 3. The number of nitrogens with zero attached hydrogens (tertiary/aromatic N) is 1. The molecule has 0 rings (SSSR count). The Morgan fingerprint density at radius 1 is 1.12 bits per heavy atom. The molecule has 2 nitrogen and oxygen atoms in total. The number of aliphatic hydroxyl groups excluding tert-OH is 1. The molecule has 0 aromatic carbocycles.